The molecule has 130 valence electrons. The molecule has 0 radical (unpaired) electrons. The van der Waals surface area contributed by atoms with Crippen molar-refractivity contribution in [2.24, 2.45) is 0 Å². The number of hydrogen-bond acceptors (Lipinski definition) is 6. The van der Waals surface area contributed by atoms with E-state index in [1.807, 2.05) is 19.9 Å². The fraction of sp³-hybridized carbons (Fsp3) is 0.471. The van der Waals surface area contributed by atoms with Gasteiger partial charge in [0.1, 0.15) is 5.82 Å². The van der Waals surface area contributed by atoms with E-state index >= 15 is 0 Å². The average Bonchev–Trinajstić information content (AvgIpc) is 3.17. The van der Waals surface area contributed by atoms with Gasteiger partial charge in [0.25, 0.3) is 11.6 Å². The van der Waals surface area contributed by atoms with Crippen LogP contribution >= 0.6 is 0 Å². The summed E-state index contributed by atoms with van der Waals surface area (Å²) in [6, 6.07) is 1.83. The molecule has 3 aromatic heterocycles. The Morgan fingerprint density at radius 3 is 2.92 bits per heavy atom. The quantitative estimate of drug-likeness (QED) is 0.725. The molecule has 3 aromatic rings. The molecule has 1 aliphatic rings. The highest BCUT2D eigenvalue weighted by atomic mass is 16.5. The molecule has 0 spiro atoms. The van der Waals surface area contributed by atoms with Crippen LogP contribution < -0.4 is 0 Å². The van der Waals surface area contributed by atoms with Crippen molar-refractivity contribution in [3.8, 4) is 0 Å². The molecule has 0 bridgehead atoms. The van der Waals surface area contributed by atoms with Crippen molar-refractivity contribution in [2.75, 3.05) is 6.54 Å². The fourth-order valence-corrected chi connectivity index (χ4v) is 3.36. The van der Waals surface area contributed by atoms with E-state index in [2.05, 4.69) is 31.8 Å². The van der Waals surface area contributed by atoms with Crippen LogP contribution in [-0.4, -0.2) is 42.3 Å². The van der Waals surface area contributed by atoms with Crippen LogP contribution in [0.2, 0.25) is 0 Å². The summed E-state index contributed by atoms with van der Waals surface area (Å²) in [6.45, 7) is 7.65. The number of carbonyl (C=O) groups is 1. The topological polar surface area (TPSA) is 89.9 Å². The molecular weight excluding hydrogens is 320 g/mol. The van der Waals surface area contributed by atoms with Crippen LogP contribution in [0.5, 0.6) is 0 Å². The van der Waals surface area contributed by atoms with Crippen LogP contribution in [0.4, 0.5) is 0 Å². The number of fused-ring (bicyclic) bond motifs is 2. The van der Waals surface area contributed by atoms with Crippen LogP contribution in [0, 0.1) is 13.8 Å². The van der Waals surface area contributed by atoms with Crippen LogP contribution in [0.25, 0.3) is 11.1 Å². The molecule has 1 amide bonds. The van der Waals surface area contributed by atoms with E-state index in [1.54, 1.807) is 4.90 Å². The number of aromatic nitrogens is 5. The van der Waals surface area contributed by atoms with E-state index in [9.17, 15) is 4.79 Å². The van der Waals surface area contributed by atoms with Crippen LogP contribution in [0.3, 0.4) is 0 Å². The third-order valence-electron chi connectivity index (χ3n) is 4.59. The van der Waals surface area contributed by atoms with Gasteiger partial charge in [-0.3, -0.25) is 4.79 Å². The third kappa shape index (κ3) is 2.57. The predicted molar refractivity (Wildman–Crippen MR) is 90.0 cm³/mol. The minimum Gasteiger partial charge on any atom is -0.336 e. The molecule has 25 heavy (non-hydrogen) atoms. The number of carbonyl (C=O) groups excluding carboxylic acids is 1. The number of hydrogen-bond donors (Lipinski definition) is 0. The molecule has 1 aliphatic heterocycles. The SMILES string of the molecule is CCCc1noc2nc(C)cc(C(=O)N3CCn4c(C)nnc4C3)c12. The molecule has 4 heterocycles. The lowest BCUT2D eigenvalue weighted by atomic mass is 10.1. The summed E-state index contributed by atoms with van der Waals surface area (Å²) in [5.41, 5.74) is 2.58. The molecule has 0 fully saturated rings. The Morgan fingerprint density at radius 1 is 1.28 bits per heavy atom. The van der Waals surface area contributed by atoms with Gasteiger partial charge < -0.3 is 14.0 Å². The average molecular weight is 340 g/mol. The van der Waals surface area contributed by atoms with Crippen molar-refractivity contribution < 1.29 is 9.32 Å². The molecule has 0 atom stereocenters. The van der Waals surface area contributed by atoms with Gasteiger partial charge in [-0.25, -0.2) is 4.98 Å². The van der Waals surface area contributed by atoms with Crippen molar-refractivity contribution in [3.63, 3.8) is 0 Å². The lowest BCUT2D eigenvalue weighted by Gasteiger charge is -2.28. The minimum absolute atomic E-state index is 0.0389. The summed E-state index contributed by atoms with van der Waals surface area (Å²) in [7, 11) is 0. The van der Waals surface area contributed by atoms with E-state index < -0.39 is 0 Å². The lowest BCUT2D eigenvalue weighted by molar-refractivity contribution is 0.0708. The molecule has 0 aliphatic carbocycles. The number of amides is 1. The Labute approximate surface area is 144 Å². The van der Waals surface area contributed by atoms with Gasteiger partial charge in [-0.1, -0.05) is 18.5 Å². The summed E-state index contributed by atoms with van der Waals surface area (Å²) in [4.78, 5) is 19.4. The molecule has 0 saturated carbocycles. The highest BCUT2D eigenvalue weighted by Crippen LogP contribution is 2.26. The number of rotatable bonds is 3. The van der Waals surface area contributed by atoms with Gasteiger partial charge in [0.05, 0.1) is 23.2 Å². The van der Waals surface area contributed by atoms with Gasteiger partial charge in [0.2, 0.25) is 0 Å². The predicted octanol–water partition coefficient (Wildman–Crippen LogP) is 2.04. The van der Waals surface area contributed by atoms with Gasteiger partial charge >= 0.3 is 0 Å². The standard InChI is InChI=1S/C17H20N6O2/c1-4-5-13-15-12(8-10(2)18-16(15)25-21-13)17(24)22-6-7-23-11(3)19-20-14(23)9-22/h8H,4-7,9H2,1-3H3. The second-order valence-corrected chi connectivity index (χ2v) is 6.41. The molecule has 0 aromatic carbocycles. The van der Waals surface area contributed by atoms with Gasteiger partial charge in [-0.2, -0.15) is 0 Å². The maximum Gasteiger partial charge on any atom is 0.258 e. The van der Waals surface area contributed by atoms with E-state index in [-0.39, 0.29) is 5.91 Å². The molecule has 0 unspecified atom stereocenters. The Bertz CT molecular complexity index is 958. The Balaban J connectivity index is 1.74. The summed E-state index contributed by atoms with van der Waals surface area (Å²) in [5, 5.41) is 13.1. The zero-order valence-corrected chi connectivity index (χ0v) is 14.6. The normalized spacial score (nSPS) is 14.1. The van der Waals surface area contributed by atoms with E-state index in [0.717, 1.165) is 41.3 Å². The second kappa shape index (κ2) is 5.94. The fourth-order valence-electron chi connectivity index (χ4n) is 3.36. The maximum atomic E-state index is 13.2. The molecule has 4 rings (SSSR count). The molecular formula is C17H20N6O2. The number of nitrogens with zero attached hydrogens (tertiary/aromatic N) is 6. The Morgan fingerprint density at radius 2 is 2.12 bits per heavy atom. The molecule has 0 saturated heterocycles. The maximum absolute atomic E-state index is 13.2. The zero-order chi connectivity index (χ0) is 17.6. The third-order valence-corrected chi connectivity index (χ3v) is 4.59. The van der Waals surface area contributed by atoms with Crippen molar-refractivity contribution >= 4 is 17.0 Å². The van der Waals surface area contributed by atoms with E-state index in [1.165, 1.54) is 0 Å². The highest BCUT2D eigenvalue weighted by Gasteiger charge is 2.27. The molecule has 8 nitrogen and oxygen atoms in total. The monoisotopic (exact) mass is 340 g/mol. The molecule has 0 N–H and O–H groups in total. The zero-order valence-electron chi connectivity index (χ0n) is 14.6. The first-order valence-corrected chi connectivity index (χ1v) is 8.52. The number of pyridine rings is 1. The first-order chi connectivity index (χ1) is 12.1. The second-order valence-electron chi connectivity index (χ2n) is 6.41. The van der Waals surface area contributed by atoms with E-state index in [4.69, 9.17) is 4.52 Å². The summed E-state index contributed by atoms with van der Waals surface area (Å²) < 4.78 is 7.42. The van der Waals surface area contributed by atoms with E-state index in [0.29, 0.717) is 30.9 Å². The smallest absolute Gasteiger partial charge is 0.258 e. The molecule has 8 heteroatoms. The first kappa shape index (κ1) is 15.7. The summed E-state index contributed by atoms with van der Waals surface area (Å²) in [6.07, 6.45) is 1.68. The van der Waals surface area contributed by atoms with Crippen LogP contribution in [0.1, 0.15) is 46.7 Å². The minimum atomic E-state index is -0.0389. The first-order valence-electron chi connectivity index (χ1n) is 8.52. The van der Waals surface area contributed by atoms with Crippen molar-refractivity contribution in [1.29, 1.82) is 0 Å². The van der Waals surface area contributed by atoms with Gasteiger partial charge in [-0.15, -0.1) is 10.2 Å². The van der Waals surface area contributed by atoms with Gasteiger partial charge in [-0.05, 0) is 26.3 Å². The van der Waals surface area contributed by atoms with Crippen LogP contribution in [-0.2, 0) is 19.5 Å². The Hall–Kier alpha value is -2.77. The lowest BCUT2D eigenvalue weighted by Crippen LogP contribution is -2.38. The largest absolute Gasteiger partial charge is 0.336 e. The highest BCUT2D eigenvalue weighted by molar-refractivity contribution is 6.06. The Kier molecular flexibility index (Phi) is 3.74. The summed E-state index contributed by atoms with van der Waals surface area (Å²) >= 11 is 0. The summed E-state index contributed by atoms with van der Waals surface area (Å²) in [5.74, 6) is 1.66. The van der Waals surface area contributed by atoms with Crippen molar-refractivity contribution in [3.05, 3.63) is 34.7 Å². The van der Waals surface area contributed by atoms with Gasteiger partial charge in [0.15, 0.2) is 5.82 Å². The van der Waals surface area contributed by atoms with Crippen molar-refractivity contribution in [1.82, 2.24) is 29.8 Å². The van der Waals surface area contributed by atoms with Crippen molar-refractivity contribution in [2.45, 2.75) is 46.7 Å². The number of aryl methyl sites for hydroxylation is 3. The van der Waals surface area contributed by atoms with Crippen LogP contribution in [0.15, 0.2) is 10.6 Å². The van der Waals surface area contributed by atoms with Gasteiger partial charge in [0, 0.05) is 18.8 Å².